The number of nitrogens with zero attached hydrogens (tertiary/aromatic N) is 3. The molecule has 0 atom stereocenters. The van der Waals surface area contributed by atoms with Crippen molar-refractivity contribution in [2.45, 2.75) is 0 Å². The number of hydrogen-bond acceptors (Lipinski definition) is 3. The summed E-state index contributed by atoms with van der Waals surface area (Å²) in [5, 5.41) is 11.7. The van der Waals surface area contributed by atoms with Crippen LogP contribution in [0.3, 0.4) is 0 Å². The summed E-state index contributed by atoms with van der Waals surface area (Å²) in [4.78, 5) is 0. The maximum Gasteiger partial charge on any atom is 0.260 e. The molecule has 0 unspecified atom stereocenters. The zero-order chi connectivity index (χ0) is 12.6. The van der Waals surface area contributed by atoms with Crippen LogP contribution in [-0.4, -0.2) is 5.29 Å². The van der Waals surface area contributed by atoms with Crippen LogP contribution in [0.25, 0.3) is 0 Å². The van der Waals surface area contributed by atoms with Gasteiger partial charge >= 0.3 is 0 Å². The maximum absolute atomic E-state index is 5.81. The Morgan fingerprint density at radius 2 is 1.50 bits per heavy atom. The van der Waals surface area contributed by atoms with Gasteiger partial charge in [0.15, 0.2) is 0 Å². The van der Waals surface area contributed by atoms with Crippen molar-refractivity contribution in [2.75, 3.05) is 5.43 Å². The maximum atomic E-state index is 5.81. The number of hydrazone groups is 1. The number of rotatable bonds is 3. The Labute approximate surface area is 110 Å². The molecule has 18 heavy (non-hydrogen) atoms. The van der Waals surface area contributed by atoms with Crippen LogP contribution in [0.1, 0.15) is 0 Å². The van der Waals surface area contributed by atoms with Crippen molar-refractivity contribution in [3.05, 3.63) is 60.7 Å². The SMILES string of the molecule is Cl/C(N=Nc1ccccc1)=N\Nc1ccccc1. The fourth-order valence-electron chi connectivity index (χ4n) is 1.24. The highest BCUT2D eigenvalue weighted by Crippen LogP contribution is 2.11. The number of hydrogen-bond donors (Lipinski definition) is 1. The normalized spacial score (nSPS) is 11.7. The smallest absolute Gasteiger partial charge is 0.260 e. The van der Waals surface area contributed by atoms with E-state index < -0.39 is 0 Å². The predicted octanol–water partition coefficient (Wildman–Crippen LogP) is 4.39. The molecular weight excluding hydrogens is 248 g/mol. The van der Waals surface area contributed by atoms with Gasteiger partial charge in [-0.05, 0) is 35.9 Å². The van der Waals surface area contributed by atoms with Crippen molar-refractivity contribution in [3.8, 4) is 0 Å². The number of azo groups is 1. The molecule has 90 valence electrons. The topological polar surface area (TPSA) is 49.1 Å². The van der Waals surface area contributed by atoms with Crippen LogP contribution in [0.4, 0.5) is 11.4 Å². The molecule has 0 saturated heterocycles. The molecule has 0 heterocycles. The second-order valence-electron chi connectivity index (χ2n) is 3.39. The summed E-state index contributed by atoms with van der Waals surface area (Å²) in [7, 11) is 0. The van der Waals surface area contributed by atoms with Crippen LogP contribution < -0.4 is 5.43 Å². The summed E-state index contributed by atoms with van der Waals surface area (Å²) in [6.45, 7) is 0. The van der Waals surface area contributed by atoms with Gasteiger partial charge in [-0.3, -0.25) is 5.43 Å². The molecule has 4 nitrogen and oxygen atoms in total. The van der Waals surface area contributed by atoms with E-state index in [2.05, 4.69) is 20.8 Å². The Balaban J connectivity index is 1.96. The summed E-state index contributed by atoms with van der Waals surface area (Å²) in [6.07, 6.45) is 0. The lowest BCUT2D eigenvalue weighted by Gasteiger charge is -1.97. The van der Waals surface area contributed by atoms with Gasteiger partial charge in [-0.25, -0.2) is 0 Å². The first kappa shape index (κ1) is 12.3. The van der Waals surface area contributed by atoms with Crippen LogP contribution in [0, 0.1) is 0 Å². The van der Waals surface area contributed by atoms with Crippen molar-refractivity contribution < 1.29 is 0 Å². The third kappa shape index (κ3) is 3.99. The molecule has 1 N–H and O–H groups in total. The van der Waals surface area contributed by atoms with Crippen LogP contribution in [-0.2, 0) is 0 Å². The third-order valence-electron chi connectivity index (χ3n) is 2.06. The van der Waals surface area contributed by atoms with Gasteiger partial charge < -0.3 is 0 Å². The van der Waals surface area contributed by atoms with Crippen molar-refractivity contribution in [2.24, 2.45) is 15.3 Å². The minimum absolute atomic E-state index is 0.0442. The van der Waals surface area contributed by atoms with Gasteiger partial charge in [0.2, 0.25) is 0 Å². The van der Waals surface area contributed by atoms with Crippen molar-refractivity contribution in [1.29, 1.82) is 0 Å². The molecule has 2 aromatic carbocycles. The highest BCUT2D eigenvalue weighted by Gasteiger charge is 1.91. The van der Waals surface area contributed by atoms with E-state index in [-0.39, 0.29) is 5.29 Å². The summed E-state index contributed by atoms with van der Waals surface area (Å²) < 4.78 is 0. The standard InChI is InChI=1S/C13H11ClN4/c14-13(17-15-11-7-3-1-4-8-11)18-16-12-9-5-2-6-10-12/h1-10,15H/b17-13+,18-16?. The van der Waals surface area contributed by atoms with Crippen molar-refractivity contribution in [3.63, 3.8) is 0 Å². The number of amidine groups is 1. The summed E-state index contributed by atoms with van der Waals surface area (Å²) in [5.74, 6) is 0. The van der Waals surface area contributed by atoms with Gasteiger partial charge in [0.25, 0.3) is 5.29 Å². The Morgan fingerprint density at radius 3 is 2.17 bits per heavy atom. The summed E-state index contributed by atoms with van der Waals surface area (Å²) in [6, 6.07) is 18.8. The molecule has 0 bridgehead atoms. The zero-order valence-electron chi connectivity index (χ0n) is 9.49. The fourth-order valence-corrected chi connectivity index (χ4v) is 1.32. The minimum Gasteiger partial charge on any atom is -0.275 e. The second-order valence-corrected chi connectivity index (χ2v) is 3.73. The average Bonchev–Trinajstić information content (AvgIpc) is 2.45. The number of para-hydroxylation sites is 1. The number of halogens is 1. The molecule has 0 aliphatic heterocycles. The monoisotopic (exact) mass is 258 g/mol. The molecule has 5 heteroatoms. The lowest BCUT2D eigenvalue weighted by molar-refractivity contribution is 1.25. The lowest BCUT2D eigenvalue weighted by Crippen LogP contribution is -1.91. The molecule has 0 radical (unpaired) electrons. The van der Waals surface area contributed by atoms with Gasteiger partial charge in [0.1, 0.15) is 0 Å². The Kier molecular flexibility index (Phi) is 4.44. The first-order valence-corrected chi connectivity index (χ1v) is 5.73. The second kappa shape index (κ2) is 6.51. The van der Waals surface area contributed by atoms with Gasteiger partial charge in [-0.15, -0.1) is 15.3 Å². The molecule has 0 spiro atoms. The van der Waals surface area contributed by atoms with E-state index in [1.807, 2.05) is 60.7 Å². The quantitative estimate of drug-likeness (QED) is 0.287. The van der Waals surface area contributed by atoms with Crippen LogP contribution in [0.15, 0.2) is 76.0 Å². The predicted molar refractivity (Wildman–Crippen MR) is 74.3 cm³/mol. The fraction of sp³-hybridized carbons (Fsp3) is 0. The molecular formula is C13H11ClN4. The molecule has 0 fully saturated rings. The summed E-state index contributed by atoms with van der Waals surface area (Å²) in [5.41, 5.74) is 4.35. The highest BCUT2D eigenvalue weighted by molar-refractivity contribution is 6.64. The van der Waals surface area contributed by atoms with Crippen LogP contribution in [0.2, 0.25) is 0 Å². The number of anilines is 1. The van der Waals surface area contributed by atoms with E-state index in [0.717, 1.165) is 11.4 Å². The van der Waals surface area contributed by atoms with Gasteiger partial charge in [0.05, 0.1) is 11.4 Å². The molecule has 0 saturated carbocycles. The van der Waals surface area contributed by atoms with E-state index in [1.54, 1.807) is 0 Å². The largest absolute Gasteiger partial charge is 0.275 e. The Bertz CT molecular complexity index is 537. The Morgan fingerprint density at radius 1 is 0.889 bits per heavy atom. The first-order valence-electron chi connectivity index (χ1n) is 5.35. The van der Waals surface area contributed by atoms with E-state index in [1.165, 1.54) is 0 Å². The zero-order valence-corrected chi connectivity index (χ0v) is 10.2. The van der Waals surface area contributed by atoms with Crippen LogP contribution in [0.5, 0.6) is 0 Å². The van der Waals surface area contributed by atoms with E-state index in [4.69, 9.17) is 11.6 Å². The van der Waals surface area contributed by atoms with Crippen molar-refractivity contribution in [1.82, 2.24) is 0 Å². The molecule has 0 aromatic heterocycles. The van der Waals surface area contributed by atoms with E-state index in [0.29, 0.717) is 0 Å². The molecule has 2 aromatic rings. The number of benzene rings is 2. The summed E-state index contributed by atoms with van der Waals surface area (Å²) >= 11 is 5.81. The molecule has 0 aliphatic carbocycles. The molecule has 2 rings (SSSR count). The highest BCUT2D eigenvalue weighted by atomic mass is 35.5. The van der Waals surface area contributed by atoms with Gasteiger partial charge in [-0.2, -0.15) is 0 Å². The van der Waals surface area contributed by atoms with E-state index >= 15 is 0 Å². The lowest BCUT2D eigenvalue weighted by atomic mass is 10.3. The van der Waals surface area contributed by atoms with Crippen molar-refractivity contribution >= 4 is 28.3 Å². The first-order chi connectivity index (χ1) is 8.84. The minimum atomic E-state index is 0.0442. The molecule has 0 aliphatic rings. The van der Waals surface area contributed by atoms with E-state index in [9.17, 15) is 0 Å². The van der Waals surface area contributed by atoms with Gasteiger partial charge in [-0.1, -0.05) is 36.4 Å². The average molecular weight is 259 g/mol. The number of nitrogens with one attached hydrogen (secondary N) is 1. The van der Waals surface area contributed by atoms with Gasteiger partial charge in [0, 0.05) is 0 Å². The van der Waals surface area contributed by atoms with Crippen LogP contribution >= 0.6 is 11.6 Å². The molecule has 0 amide bonds. The third-order valence-corrected chi connectivity index (χ3v) is 2.22. The Hall–Kier alpha value is -2.20.